The Labute approximate surface area is 248 Å². The number of unbranched alkanes of at least 4 members (excludes halogenated alkanes) is 21. The van der Waals surface area contributed by atoms with Crippen molar-refractivity contribution in [3.63, 3.8) is 0 Å². The number of ketones is 1. The highest BCUT2D eigenvalue weighted by atomic mass is 16.6. The Morgan fingerprint density at radius 3 is 1.10 bits per heavy atom. The summed E-state index contributed by atoms with van der Waals surface area (Å²) < 4.78 is 4.99. The zero-order valence-electron chi connectivity index (χ0n) is 26.8. The van der Waals surface area contributed by atoms with Gasteiger partial charge >= 0.3 is 11.9 Å². The summed E-state index contributed by atoms with van der Waals surface area (Å²) in [6.45, 7) is 4.45. The van der Waals surface area contributed by atoms with Crippen molar-refractivity contribution < 1.29 is 19.1 Å². The standard InChI is InChI=1S/C36H66O4/c1-3-5-7-9-10-11-12-13-14-15-16-17-21-24-28-32-35(38)40-36(39)33-29-25-22-19-18-20-23-27-31-34(37)30-26-8-6-4-2/h11-12H,3-10,13-33H2,1-2H3/b12-11-. The molecule has 4 heteroatoms. The van der Waals surface area contributed by atoms with Gasteiger partial charge in [-0.1, -0.05) is 135 Å². The molecule has 234 valence electrons. The fraction of sp³-hybridized carbons (Fsp3) is 0.861. The van der Waals surface area contributed by atoms with Crippen molar-refractivity contribution in [2.24, 2.45) is 0 Å². The monoisotopic (exact) mass is 562 g/mol. The second-order valence-electron chi connectivity index (χ2n) is 11.9. The van der Waals surface area contributed by atoms with Crippen molar-refractivity contribution in [3.8, 4) is 0 Å². The number of esters is 2. The predicted molar refractivity (Wildman–Crippen MR) is 170 cm³/mol. The molecule has 0 atom stereocenters. The average Bonchev–Trinajstić information content (AvgIpc) is 2.94. The fourth-order valence-corrected chi connectivity index (χ4v) is 5.10. The van der Waals surface area contributed by atoms with Crippen molar-refractivity contribution in [1.82, 2.24) is 0 Å². The lowest BCUT2D eigenvalue weighted by atomic mass is 10.0. The number of ether oxygens (including phenoxy) is 1. The SMILES string of the molecule is CCCCCC/C=C\CCCCCCCCCC(=O)OC(=O)CCCCCCCCCCC(=O)CCCCCC. The van der Waals surface area contributed by atoms with Gasteiger partial charge in [0.25, 0.3) is 0 Å². The molecular weight excluding hydrogens is 496 g/mol. The highest BCUT2D eigenvalue weighted by Gasteiger charge is 2.10. The second-order valence-corrected chi connectivity index (χ2v) is 11.9. The molecule has 0 amide bonds. The van der Waals surface area contributed by atoms with Crippen LogP contribution in [0, 0.1) is 0 Å². The molecule has 0 N–H and O–H groups in total. The summed E-state index contributed by atoms with van der Waals surface area (Å²) in [6.07, 6.45) is 36.2. The second kappa shape index (κ2) is 32.1. The number of allylic oxidation sites excluding steroid dienone is 2. The molecule has 0 fully saturated rings. The largest absolute Gasteiger partial charge is 0.393 e. The Bertz CT molecular complexity index is 610. The Hall–Kier alpha value is -1.45. The van der Waals surface area contributed by atoms with E-state index in [1.54, 1.807) is 0 Å². The topological polar surface area (TPSA) is 60.4 Å². The summed E-state index contributed by atoms with van der Waals surface area (Å²) in [5.41, 5.74) is 0. The number of Topliss-reactive ketones (excluding diaryl/α,β-unsaturated/α-hetero) is 1. The van der Waals surface area contributed by atoms with Crippen molar-refractivity contribution in [2.45, 2.75) is 200 Å². The van der Waals surface area contributed by atoms with Crippen molar-refractivity contribution in [3.05, 3.63) is 12.2 Å². The molecule has 0 bridgehead atoms. The van der Waals surface area contributed by atoms with Crippen LogP contribution < -0.4 is 0 Å². The summed E-state index contributed by atoms with van der Waals surface area (Å²) in [5, 5.41) is 0. The van der Waals surface area contributed by atoms with Gasteiger partial charge < -0.3 is 4.74 Å². The average molecular weight is 563 g/mol. The van der Waals surface area contributed by atoms with Gasteiger partial charge in [0.05, 0.1) is 0 Å². The molecule has 0 heterocycles. The molecule has 0 unspecified atom stereocenters. The minimum atomic E-state index is -0.362. The van der Waals surface area contributed by atoms with Crippen LogP contribution in [0.5, 0.6) is 0 Å². The van der Waals surface area contributed by atoms with E-state index in [4.69, 9.17) is 4.74 Å². The van der Waals surface area contributed by atoms with Crippen LogP contribution in [0.1, 0.15) is 200 Å². The van der Waals surface area contributed by atoms with Gasteiger partial charge in [0.1, 0.15) is 5.78 Å². The first kappa shape index (κ1) is 38.5. The highest BCUT2D eigenvalue weighted by Crippen LogP contribution is 2.14. The van der Waals surface area contributed by atoms with Crippen LogP contribution in [0.15, 0.2) is 12.2 Å². The first-order valence-corrected chi connectivity index (χ1v) is 17.5. The number of rotatable bonds is 31. The summed E-state index contributed by atoms with van der Waals surface area (Å²) in [5.74, 6) is -0.278. The number of carbonyl (C=O) groups is 3. The van der Waals surface area contributed by atoms with Gasteiger partial charge in [-0.3, -0.25) is 14.4 Å². The summed E-state index contributed by atoms with van der Waals surface area (Å²) in [7, 11) is 0. The zero-order valence-corrected chi connectivity index (χ0v) is 26.8. The Balaban J connectivity index is 3.37. The maximum Gasteiger partial charge on any atom is 0.313 e. The van der Waals surface area contributed by atoms with Crippen LogP contribution in [0.4, 0.5) is 0 Å². The van der Waals surface area contributed by atoms with Crippen LogP contribution in [-0.2, 0) is 19.1 Å². The van der Waals surface area contributed by atoms with E-state index in [9.17, 15) is 14.4 Å². The van der Waals surface area contributed by atoms with E-state index in [1.807, 2.05) is 0 Å². The van der Waals surface area contributed by atoms with Crippen molar-refractivity contribution >= 4 is 17.7 Å². The summed E-state index contributed by atoms with van der Waals surface area (Å²) in [4.78, 5) is 35.6. The number of carbonyl (C=O) groups excluding carboxylic acids is 3. The third kappa shape index (κ3) is 31.1. The minimum absolute atomic E-state index is 0.347. The lowest BCUT2D eigenvalue weighted by molar-refractivity contribution is -0.159. The molecular formula is C36H66O4. The molecule has 4 nitrogen and oxygen atoms in total. The predicted octanol–water partition coefficient (Wildman–Crippen LogP) is 11.5. The van der Waals surface area contributed by atoms with E-state index >= 15 is 0 Å². The van der Waals surface area contributed by atoms with Crippen molar-refractivity contribution in [1.29, 1.82) is 0 Å². The molecule has 0 saturated heterocycles. The van der Waals surface area contributed by atoms with Gasteiger partial charge in [0.15, 0.2) is 0 Å². The molecule has 0 aliphatic carbocycles. The molecule has 0 aliphatic rings. The van der Waals surface area contributed by atoms with E-state index in [0.29, 0.717) is 18.6 Å². The first-order chi connectivity index (χ1) is 19.6. The maximum atomic E-state index is 11.9. The van der Waals surface area contributed by atoms with Crippen LogP contribution in [0.2, 0.25) is 0 Å². The minimum Gasteiger partial charge on any atom is -0.393 e. The Kier molecular flexibility index (Phi) is 30.9. The molecule has 0 aromatic rings. The normalized spacial score (nSPS) is 11.3. The smallest absolute Gasteiger partial charge is 0.313 e. The third-order valence-corrected chi connectivity index (χ3v) is 7.77. The molecule has 0 saturated carbocycles. The molecule has 0 spiro atoms. The molecule has 40 heavy (non-hydrogen) atoms. The van der Waals surface area contributed by atoms with Gasteiger partial charge in [0.2, 0.25) is 0 Å². The van der Waals surface area contributed by atoms with Crippen LogP contribution in [-0.4, -0.2) is 17.7 Å². The van der Waals surface area contributed by atoms with Gasteiger partial charge in [0, 0.05) is 25.7 Å². The Morgan fingerprint density at radius 2 is 0.700 bits per heavy atom. The van der Waals surface area contributed by atoms with E-state index in [-0.39, 0.29) is 11.9 Å². The van der Waals surface area contributed by atoms with Crippen LogP contribution >= 0.6 is 0 Å². The van der Waals surface area contributed by atoms with Crippen molar-refractivity contribution in [2.75, 3.05) is 0 Å². The first-order valence-electron chi connectivity index (χ1n) is 17.5. The molecule has 0 aromatic heterocycles. The lowest BCUT2D eigenvalue weighted by Crippen LogP contribution is -2.11. The lowest BCUT2D eigenvalue weighted by Gasteiger charge is -2.05. The third-order valence-electron chi connectivity index (χ3n) is 7.77. The molecule has 0 radical (unpaired) electrons. The van der Waals surface area contributed by atoms with Gasteiger partial charge in [-0.05, 0) is 51.4 Å². The van der Waals surface area contributed by atoms with E-state index in [2.05, 4.69) is 26.0 Å². The molecule has 0 aromatic carbocycles. The fourth-order valence-electron chi connectivity index (χ4n) is 5.10. The van der Waals surface area contributed by atoms with Crippen LogP contribution in [0.3, 0.4) is 0 Å². The molecule has 0 aliphatic heterocycles. The van der Waals surface area contributed by atoms with E-state index in [0.717, 1.165) is 70.6 Å². The van der Waals surface area contributed by atoms with Gasteiger partial charge in [-0.2, -0.15) is 0 Å². The zero-order chi connectivity index (χ0) is 29.4. The highest BCUT2D eigenvalue weighted by molar-refractivity contribution is 5.85. The number of hydrogen-bond donors (Lipinski definition) is 0. The van der Waals surface area contributed by atoms with Gasteiger partial charge in [-0.25, -0.2) is 0 Å². The summed E-state index contributed by atoms with van der Waals surface area (Å²) in [6, 6.07) is 0. The van der Waals surface area contributed by atoms with Gasteiger partial charge in [-0.15, -0.1) is 0 Å². The molecule has 0 rings (SSSR count). The number of hydrogen-bond acceptors (Lipinski definition) is 4. The van der Waals surface area contributed by atoms with E-state index < -0.39 is 0 Å². The maximum absolute atomic E-state index is 11.9. The summed E-state index contributed by atoms with van der Waals surface area (Å²) >= 11 is 0. The Morgan fingerprint density at radius 1 is 0.400 bits per heavy atom. The van der Waals surface area contributed by atoms with Crippen LogP contribution in [0.25, 0.3) is 0 Å². The quantitative estimate of drug-likeness (QED) is 0.0365. The van der Waals surface area contributed by atoms with E-state index in [1.165, 1.54) is 103 Å².